The summed E-state index contributed by atoms with van der Waals surface area (Å²) in [5.74, 6) is -0.0780. The van der Waals surface area contributed by atoms with Crippen LogP contribution < -0.4 is 20.5 Å². The first-order valence-electron chi connectivity index (χ1n) is 15.5. The van der Waals surface area contributed by atoms with Gasteiger partial charge in [0.2, 0.25) is 5.91 Å². The summed E-state index contributed by atoms with van der Waals surface area (Å²) < 4.78 is 30.6. The van der Waals surface area contributed by atoms with E-state index in [4.69, 9.17) is 23.7 Å². The summed E-state index contributed by atoms with van der Waals surface area (Å²) in [5, 5.41) is 14.2. The van der Waals surface area contributed by atoms with Gasteiger partial charge in [0, 0.05) is 26.0 Å². The van der Waals surface area contributed by atoms with Crippen LogP contribution in [0.5, 0.6) is 11.5 Å². The lowest BCUT2D eigenvalue weighted by molar-refractivity contribution is -0.141. The molecule has 3 aromatic carbocycles. The molecule has 1 amide bonds. The smallest absolute Gasteiger partial charge is 0.351 e. The Morgan fingerprint density at radius 3 is 2.00 bits per heavy atom. The van der Waals surface area contributed by atoms with Crippen LogP contribution in [0, 0.1) is 5.92 Å². The van der Waals surface area contributed by atoms with E-state index in [-0.39, 0.29) is 31.4 Å². The Balaban J connectivity index is 1.54. The van der Waals surface area contributed by atoms with Gasteiger partial charge in [-0.15, -0.1) is 0 Å². The van der Waals surface area contributed by atoms with Crippen LogP contribution in [0.2, 0.25) is 0 Å². The summed E-state index contributed by atoms with van der Waals surface area (Å²) in [5.41, 5.74) is 0.553. The first-order valence-corrected chi connectivity index (χ1v) is 15.5. The molecule has 0 radical (unpaired) electrons. The Morgan fingerprint density at radius 2 is 1.48 bits per heavy atom. The SMILES string of the molecule is COc1ccc(C(OC[C@H]2O[C@@H](n3ccc(NC(C)=O)nc3=O)[C@H](CCOC(C)=O)[C@@H]2O)(c2ccccc2)c2ccc(OC)cc2)cc1. The van der Waals surface area contributed by atoms with Crippen LogP contribution in [0.25, 0.3) is 0 Å². The maximum absolute atomic E-state index is 13.1. The zero-order chi connectivity index (χ0) is 34.3. The average Bonchev–Trinajstić information content (AvgIpc) is 3.39. The molecule has 1 aliphatic rings. The fraction of sp³-hybridized carbons (Fsp3) is 0.333. The normalized spacial score (nSPS) is 19.0. The number of ether oxygens (including phenoxy) is 5. The monoisotopic (exact) mass is 657 g/mol. The van der Waals surface area contributed by atoms with E-state index in [0.29, 0.717) is 11.5 Å². The largest absolute Gasteiger partial charge is 0.497 e. The number of nitrogens with one attached hydrogen (secondary N) is 1. The third-order valence-corrected chi connectivity index (χ3v) is 8.30. The van der Waals surface area contributed by atoms with Crippen LogP contribution in [-0.2, 0) is 29.4 Å². The molecular weight excluding hydrogens is 618 g/mol. The summed E-state index contributed by atoms with van der Waals surface area (Å²) >= 11 is 0. The summed E-state index contributed by atoms with van der Waals surface area (Å²) in [6.07, 6.45) is -1.35. The minimum absolute atomic E-state index is 0.00228. The van der Waals surface area contributed by atoms with Gasteiger partial charge in [-0.1, -0.05) is 54.6 Å². The number of nitrogens with zero attached hydrogens (tertiary/aromatic N) is 2. The summed E-state index contributed by atoms with van der Waals surface area (Å²) in [4.78, 5) is 40.1. The Labute approximate surface area is 278 Å². The molecule has 5 rings (SSSR count). The highest BCUT2D eigenvalue weighted by Crippen LogP contribution is 2.43. The maximum atomic E-state index is 13.1. The second kappa shape index (κ2) is 15.2. The predicted octanol–water partition coefficient (Wildman–Crippen LogP) is 4.06. The minimum Gasteiger partial charge on any atom is -0.497 e. The Kier molecular flexibility index (Phi) is 10.9. The molecule has 252 valence electrons. The van der Waals surface area contributed by atoms with Crippen molar-refractivity contribution in [3.63, 3.8) is 0 Å². The molecule has 0 bridgehead atoms. The number of aromatic nitrogens is 2. The summed E-state index contributed by atoms with van der Waals surface area (Å²) in [6, 6.07) is 26.3. The van der Waals surface area contributed by atoms with Crippen molar-refractivity contribution in [3.8, 4) is 11.5 Å². The number of aliphatic hydroxyl groups excluding tert-OH is 1. The van der Waals surface area contributed by atoms with Gasteiger partial charge in [0.05, 0.1) is 33.5 Å². The Morgan fingerprint density at radius 1 is 0.896 bits per heavy atom. The molecule has 2 N–H and O–H groups in total. The van der Waals surface area contributed by atoms with Crippen LogP contribution in [-0.4, -0.2) is 66.2 Å². The van der Waals surface area contributed by atoms with Crippen molar-refractivity contribution in [3.05, 3.63) is 118 Å². The van der Waals surface area contributed by atoms with E-state index in [1.807, 2.05) is 78.9 Å². The van der Waals surface area contributed by atoms with Gasteiger partial charge >= 0.3 is 11.7 Å². The fourth-order valence-electron chi connectivity index (χ4n) is 6.00. The number of rotatable bonds is 13. The lowest BCUT2D eigenvalue weighted by Gasteiger charge is -2.37. The second-order valence-corrected chi connectivity index (χ2v) is 11.3. The average molecular weight is 658 g/mol. The molecule has 48 heavy (non-hydrogen) atoms. The molecule has 12 nitrogen and oxygen atoms in total. The standard InChI is InChI=1S/C36H39N3O9/c1-23(40)37-32-18-20-39(35(43)38-32)34-30(19-21-46-24(2)41)33(42)31(48-34)22-47-36(25-8-6-5-7-9-25,26-10-14-28(44-3)15-11-26)27-12-16-29(45-4)17-13-27/h5-18,20,30-31,33-34,42H,19,21-22H2,1-4H3,(H,37,38,40,43)/t30-,31-,33+,34-/m1/s1. The van der Waals surface area contributed by atoms with Gasteiger partial charge in [-0.05, 0) is 53.4 Å². The minimum atomic E-state index is -1.17. The summed E-state index contributed by atoms with van der Waals surface area (Å²) in [7, 11) is 3.20. The molecule has 12 heteroatoms. The molecule has 1 fully saturated rings. The number of aliphatic hydroxyl groups is 1. The third-order valence-electron chi connectivity index (χ3n) is 8.30. The highest BCUT2D eigenvalue weighted by Gasteiger charge is 2.47. The fourth-order valence-corrected chi connectivity index (χ4v) is 6.00. The van der Waals surface area contributed by atoms with E-state index >= 15 is 0 Å². The molecule has 4 aromatic rings. The molecule has 0 unspecified atom stereocenters. The summed E-state index contributed by atoms with van der Waals surface area (Å²) in [6.45, 7) is 2.52. The van der Waals surface area contributed by atoms with Crippen molar-refractivity contribution in [2.24, 2.45) is 5.92 Å². The number of hydrogen-bond acceptors (Lipinski definition) is 10. The quantitative estimate of drug-likeness (QED) is 0.159. The van der Waals surface area contributed by atoms with Gasteiger partial charge in [-0.2, -0.15) is 4.98 Å². The zero-order valence-corrected chi connectivity index (χ0v) is 27.2. The number of anilines is 1. The van der Waals surface area contributed by atoms with Gasteiger partial charge in [0.15, 0.2) is 0 Å². The van der Waals surface area contributed by atoms with Crippen molar-refractivity contribution in [1.82, 2.24) is 9.55 Å². The van der Waals surface area contributed by atoms with Gasteiger partial charge in [0.25, 0.3) is 0 Å². The zero-order valence-electron chi connectivity index (χ0n) is 27.2. The number of hydrogen-bond donors (Lipinski definition) is 2. The van der Waals surface area contributed by atoms with Crippen LogP contribution in [0.15, 0.2) is 95.9 Å². The van der Waals surface area contributed by atoms with Crippen molar-refractivity contribution >= 4 is 17.7 Å². The lowest BCUT2D eigenvalue weighted by atomic mass is 9.80. The first-order chi connectivity index (χ1) is 23.2. The number of methoxy groups -OCH3 is 2. The van der Waals surface area contributed by atoms with E-state index < -0.39 is 41.6 Å². The molecular formula is C36H39N3O9. The number of amides is 1. The molecule has 2 heterocycles. The highest BCUT2D eigenvalue weighted by atomic mass is 16.6. The van der Waals surface area contributed by atoms with Gasteiger partial charge in [0.1, 0.15) is 35.2 Å². The molecule has 0 spiro atoms. The molecule has 1 saturated heterocycles. The third kappa shape index (κ3) is 7.41. The molecule has 4 atom stereocenters. The topological polar surface area (TPSA) is 147 Å². The van der Waals surface area contributed by atoms with Gasteiger partial charge in [-0.3, -0.25) is 14.2 Å². The Hall–Kier alpha value is -5.04. The van der Waals surface area contributed by atoms with Crippen molar-refractivity contribution in [2.45, 2.75) is 44.3 Å². The highest BCUT2D eigenvalue weighted by molar-refractivity contribution is 5.87. The molecule has 0 saturated carbocycles. The van der Waals surface area contributed by atoms with Crippen LogP contribution in [0.4, 0.5) is 5.82 Å². The van der Waals surface area contributed by atoms with E-state index in [1.165, 1.54) is 30.7 Å². The molecule has 1 aliphatic heterocycles. The lowest BCUT2D eigenvalue weighted by Crippen LogP contribution is -2.39. The van der Waals surface area contributed by atoms with E-state index in [9.17, 15) is 19.5 Å². The first kappa shape index (κ1) is 34.3. The van der Waals surface area contributed by atoms with Gasteiger partial charge in [-0.25, -0.2) is 4.79 Å². The Bertz CT molecular complexity index is 1700. The molecule has 1 aromatic heterocycles. The van der Waals surface area contributed by atoms with Crippen LogP contribution in [0.1, 0.15) is 43.2 Å². The number of carbonyl (C=O) groups is 2. The number of carbonyl (C=O) groups excluding carboxylic acids is 2. The maximum Gasteiger partial charge on any atom is 0.351 e. The predicted molar refractivity (Wildman–Crippen MR) is 176 cm³/mol. The van der Waals surface area contributed by atoms with E-state index in [0.717, 1.165) is 16.7 Å². The number of esters is 1. The van der Waals surface area contributed by atoms with E-state index in [2.05, 4.69) is 10.3 Å². The van der Waals surface area contributed by atoms with Crippen molar-refractivity contribution in [2.75, 3.05) is 32.8 Å². The number of benzene rings is 3. The molecule has 0 aliphatic carbocycles. The van der Waals surface area contributed by atoms with Crippen LogP contribution in [0.3, 0.4) is 0 Å². The van der Waals surface area contributed by atoms with E-state index in [1.54, 1.807) is 14.2 Å². The van der Waals surface area contributed by atoms with Gasteiger partial charge < -0.3 is 34.1 Å². The van der Waals surface area contributed by atoms with Crippen molar-refractivity contribution in [1.29, 1.82) is 0 Å². The second-order valence-electron chi connectivity index (χ2n) is 11.3. The van der Waals surface area contributed by atoms with Crippen LogP contribution >= 0.6 is 0 Å². The van der Waals surface area contributed by atoms with Crippen molar-refractivity contribution < 1.29 is 38.4 Å².